The van der Waals surface area contributed by atoms with Gasteiger partial charge in [0.15, 0.2) is 4.90 Å². The van der Waals surface area contributed by atoms with Crippen LogP contribution >= 0.6 is 12.6 Å². The van der Waals surface area contributed by atoms with Crippen LogP contribution in [0.25, 0.3) is 22.3 Å². The molecule has 0 saturated carbocycles. The van der Waals surface area contributed by atoms with E-state index in [1.807, 2.05) is 13.0 Å². The number of rotatable bonds is 3. The maximum atomic E-state index is 14.1. The Labute approximate surface area is 155 Å². The number of benzene rings is 2. The molecule has 0 spiro atoms. The van der Waals surface area contributed by atoms with Gasteiger partial charge in [-0.1, -0.05) is 18.2 Å². The van der Waals surface area contributed by atoms with E-state index in [-0.39, 0.29) is 5.56 Å². The number of thiol groups is 1. The second kappa shape index (κ2) is 6.79. The van der Waals surface area contributed by atoms with Crippen LogP contribution in [0, 0.1) is 18.6 Å². The summed E-state index contributed by atoms with van der Waals surface area (Å²) in [7, 11) is -4.49. The standard InChI is InChI=1S/C18H14F2N2O2S2/c1-10-13(3-2-6-22-10)14-5-4-11(9-17(14)25)12-7-15(19)18(16(20)8-12)26(21,23)24/h2-9,25H,1H3,(H2,21,23,24). The van der Waals surface area contributed by atoms with Crippen LogP contribution in [-0.4, -0.2) is 13.4 Å². The largest absolute Gasteiger partial charge is 0.261 e. The predicted octanol–water partition coefficient (Wildman–Crippen LogP) is 3.94. The zero-order valence-corrected chi connectivity index (χ0v) is 15.3. The fraction of sp³-hybridized carbons (Fsp3) is 0.0556. The highest BCUT2D eigenvalue weighted by Gasteiger charge is 2.21. The molecule has 0 fully saturated rings. The van der Waals surface area contributed by atoms with Crippen LogP contribution in [0.3, 0.4) is 0 Å². The highest BCUT2D eigenvalue weighted by atomic mass is 32.2. The van der Waals surface area contributed by atoms with E-state index in [1.54, 1.807) is 30.5 Å². The third-order valence-corrected chi connectivity index (χ3v) is 5.24. The molecule has 0 saturated heterocycles. The molecule has 0 amide bonds. The molecule has 1 heterocycles. The molecule has 0 atom stereocenters. The summed E-state index contributed by atoms with van der Waals surface area (Å²) < 4.78 is 50.7. The van der Waals surface area contributed by atoms with Gasteiger partial charge in [-0.05, 0) is 47.9 Å². The molecular formula is C18H14F2N2O2S2. The van der Waals surface area contributed by atoms with Crippen molar-refractivity contribution in [2.45, 2.75) is 16.7 Å². The number of sulfonamides is 1. The van der Waals surface area contributed by atoms with Crippen LogP contribution in [-0.2, 0) is 10.0 Å². The lowest BCUT2D eigenvalue weighted by Crippen LogP contribution is -2.16. The minimum absolute atomic E-state index is 0.178. The first-order chi connectivity index (χ1) is 12.2. The molecule has 2 aromatic carbocycles. The first-order valence-corrected chi connectivity index (χ1v) is 9.45. The van der Waals surface area contributed by atoms with Gasteiger partial charge in [0.2, 0.25) is 10.0 Å². The molecule has 4 nitrogen and oxygen atoms in total. The Hall–Kier alpha value is -2.29. The molecule has 0 unspecified atom stereocenters. The number of primary sulfonamides is 1. The van der Waals surface area contributed by atoms with Crippen molar-refractivity contribution >= 4 is 22.7 Å². The minimum atomic E-state index is -4.49. The first kappa shape index (κ1) is 18.5. The second-order valence-electron chi connectivity index (χ2n) is 5.68. The van der Waals surface area contributed by atoms with E-state index in [9.17, 15) is 17.2 Å². The Morgan fingerprint density at radius 1 is 1.00 bits per heavy atom. The fourth-order valence-corrected chi connectivity index (χ4v) is 3.70. The lowest BCUT2D eigenvalue weighted by Gasteiger charge is -2.11. The molecule has 8 heteroatoms. The quantitative estimate of drug-likeness (QED) is 0.663. The summed E-state index contributed by atoms with van der Waals surface area (Å²) in [5.74, 6) is -2.48. The van der Waals surface area contributed by atoms with Crippen molar-refractivity contribution in [3.05, 3.63) is 66.0 Å². The Morgan fingerprint density at radius 3 is 2.19 bits per heavy atom. The molecule has 26 heavy (non-hydrogen) atoms. The van der Waals surface area contributed by atoms with Gasteiger partial charge in [-0.15, -0.1) is 12.6 Å². The maximum absolute atomic E-state index is 14.1. The molecule has 0 aliphatic rings. The van der Waals surface area contributed by atoms with Crippen LogP contribution in [0.15, 0.2) is 58.5 Å². The van der Waals surface area contributed by atoms with Crippen molar-refractivity contribution in [2.75, 3.05) is 0 Å². The lowest BCUT2D eigenvalue weighted by molar-refractivity contribution is 0.520. The van der Waals surface area contributed by atoms with Gasteiger partial charge < -0.3 is 0 Å². The highest BCUT2D eigenvalue weighted by Crippen LogP contribution is 2.33. The van der Waals surface area contributed by atoms with E-state index in [2.05, 4.69) is 17.6 Å². The number of hydrogen-bond donors (Lipinski definition) is 2. The Balaban J connectivity index is 2.10. The monoisotopic (exact) mass is 392 g/mol. The Morgan fingerprint density at radius 2 is 1.65 bits per heavy atom. The smallest absolute Gasteiger partial charge is 0.243 e. The summed E-state index contributed by atoms with van der Waals surface area (Å²) >= 11 is 4.46. The molecule has 2 N–H and O–H groups in total. The SMILES string of the molecule is Cc1ncccc1-c1ccc(-c2cc(F)c(S(N)(=O)=O)c(F)c2)cc1S. The van der Waals surface area contributed by atoms with Crippen molar-refractivity contribution in [3.8, 4) is 22.3 Å². The Kier molecular flexibility index (Phi) is 4.83. The summed E-state index contributed by atoms with van der Waals surface area (Å²) in [5, 5.41) is 4.84. The molecule has 0 aliphatic heterocycles. The summed E-state index contributed by atoms with van der Waals surface area (Å²) in [6.07, 6.45) is 1.68. The normalized spacial score (nSPS) is 11.6. The second-order valence-corrected chi connectivity index (χ2v) is 7.66. The molecule has 134 valence electrons. The minimum Gasteiger partial charge on any atom is -0.261 e. The highest BCUT2D eigenvalue weighted by molar-refractivity contribution is 7.89. The zero-order valence-electron chi connectivity index (χ0n) is 13.6. The molecule has 0 bridgehead atoms. The van der Waals surface area contributed by atoms with Crippen LogP contribution < -0.4 is 5.14 Å². The van der Waals surface area contributed by atoms with Crippen LogP contribution in [0.5, 0.6) is 0 Å². The van der Waals surface area contributed by atoms with Crippen molar-refractivity contribution in [1.29, 1.82) is 0 Å². The van der Waals surface area contributed by atoms with Crippen LogP contribution in [0.4, 0.5) is 8.78 Å². The van der Waals surface area contributed by atoms with Gasteiger partial charge in [-0.3, -0.25) is 4.98 Å². The van der Waals surface area contributed by atoms with E-state index < -0.39 is 26.6 Å². The fourth-order valence-electron chi connectivity index (χ4n) is 2.71. The molecule has 3 rings (SSSR count). The van der Waals surface area contributed by atoms with Gasteiger partial charge >= 0.3 is 0 Å². The van der Waals surface area contributed by atoms with Crippen LogP contribution in [0.1, 0.15) is 5.69 Å². The Bertz CT molecular complexity index is 1090. The van der Waals surface area contributed by atoms with Gasteiger partial charge in [0.25, 0.3) is 0 Å². The maximum Gasteiger partial charge on any atom is 0.243 e. The summed E-state index contributed by atoms with van der Waals surface area (Å²) in [5.41, 5.74) is 3.21. The van der Waals surface area contributed by atoms with Gasteiger partial charge in [0.1, 0.15) is 11.6 Å². The van der Waals surface area contributed by atoms with Gasteiger partial charge in [-0.25, -0.2) is 22.3 Å². The van der Waals surface area contributed by atoms with E-state index in [1.165, 1.54) is 0 Å². The summed E-state index contributed by atoms with van der Waals surface area (Å²) in [6, 6.07) is 10.7. The van der Waals surface area contributed by atoms with E-state index in [0.29, 0.717) is 10.5 Å². The summed E-state index contributed by atoms with van der Waals surface area (Å²) in [4.78, 5) is 3.68. The van der Waals surface area contributed by atoms with Crippen molar-refractivity contribution in [1.82, 2.24) is 4.98 Å². The van der Waals surface area contributed by atoms with Crippen LogP contribution in [0.2, 0.25) is 0 Å². The molecule has 1 aromatic heterocycles. The third-order valence-electron chi connectivity index (χ3n) is 3.91. The number of hydrogen-bond acceptors (Lipinski definition) is 4. The molecular weight excluding hydrogens is 378 g/mol. The third kappa shape index (κ3) is 3.48. The van der Waals surface area contributed by atoms with Crippen molar-refractivity contribution in [2.24, 2.45) is 5.14 Å². The van der Waals surface area contributed by atoms with E-state index in [0.717, 1.165) is 29.0 Å². The molecule has 0 radical (unpaired) electrons. The van der Waals surface area contributed by atoms with Gasteiger partial charge in [0.05, 0.1) is 0 Å². The molecule has 0 aliphatic carbocycles. The summed E-state index contributed by atoms with van der Waals surface area (Å²) in [6.45, 7) is 1.87. The lowest BCUT2D eigenvalue weighted by atomic mass is 9.99. The number of nitrogens with zero attached hydrogens (tertiary/aromatic N) is 1. The van der Waals surface area contributed by atoms with E-state index in [4.69, 9.17) is 5.14 Å². The van der Waals surface area contributed by atoms with Gasteiger partial charge in [0, 0.05) is 22.3 Å². The zero-order chi connectivity index (χ0) is 19.1. The van der Waals surface area contributed by atoms with Crippen molar-refractivity contribution in [3.63, 3.8) is 0 Å². The number of nitrogens with two attached hydrogens (primary N) is 1. The average molecular weight is 392 g/mol. The van der Waals surface area contributed by atoms with Gasteiger partial charge in [-0.2, -0.15) is 0 Å². The topological polar surface area (TPSA) is 73.0 Å². The molecule has 3 aromatic rings. The number of aryl methyl sites for hydroxylation is 1. The average Bonchev–Trinajstić information content (AvgIpc) is 2.53. The number of aromatic nitrogens is 1. The first-order valence-electron chi connectivity index (χ1n) is 7.45. The van der Waals surface area contributed by atoms with Crippen molar-refractivity contribution < 1.29 is 17.2 Å². The number of pyridine rings is 1. The van der Waals surface area contributed by atoms with E-state index >= 15 is 0 Å². The predicted molar refractivity (Wildman–Crippen MR) is 98.4 cm³/mol. The number of halogens is 2.